The fourth-order valence-electron chi connectivity index (χ4n) is 4.45. The molecule has 0 aliphatic carbocycles. The summed E-state index contributed by atoms with van der Waals surface area (Å²) in [4.78, 5) is 21.1. The van der Waals surface area contributed by atoms with E-state index in [1.165, 1.54) is 4.90 Å². The summed E-state index contributed by atoms with van der Waals surface area (Å²) >= 11 is 1.68. The normalized spacial score (nSPS) is 15.8. The van der Waals surface area contributed by atoms with E-state index in [0.717, 1.165) is 45.6 Å². The highest BCUT2D eigenvalue weighted by molar-refractivity contribution is 7.98. The van der Waals surface area contributed by atoms with Crippen LogP contribution >= 0.6 is 11.8 Å². The van der Waals surface area contributed by atoms with Crippen LogP contribution in [-0.4, -0.2) is 22.4 Å². The monoisotopic (exact) mass is 496 g/mol. The summed E-state index contributed by atoms with van der Waals surface area (Å²) in [7, 11) is 0. The van der Waals surface area contributed by atoms with E-state index in [9.17, 15) is 4.79 Å². The Balaban J connectivity index is 1.63. The molecule has 0 bridgehead atoms. The van der Waals surface area contributed by atoms with Crippen LogP contribution < -0.4 is 10.2 Å². The van der Waals surface area contributed by atoms with Crippen LogP contribution in [0.5, 0.6) is 0 Å². The number of nitrogens with one attached hydrogen (secondary N) is 1. The molecule has 1 N–H and O–H groups in total. The summed E-state index contributed by atoms with van der Waals surface area (Å²) in [6.45, 7) is 6.08. The highest BCUT2D eigenvalue weighted by atomic mass is 32.2. The standard InChI is InChI=1S/C29H28N4O2S/c1-5-20-7-6-8-23(17-20)33-19(3)25(26(30-29(33)34)21-11-9-18(2)10-12-21)28-31-27(32-35-28)22-13-15-24(36-4)16-14-22/h6-17,26H,5H2,1-4H3,(H,30,34). The van der Waals surface area contributed by atoms with Crippen molar-refractivity contribution in [3.8, 4) is 11.4 Å². The molecule has 5 rings (SSSR count). The maximum absolute atomic E-state index is 13.4. The molecule has 1 atom stereocenters. The lowest BCUT2D eigenvalue weighted by atomic mass is 9.94. The van der Waals surface area contributed by atoms with E-state index in [2.05, 4.69) is 23.5 Å². The Morgan fingerprint density at radius 3 is 2.47 bits per heavy atom. The van der Waals surface area contributed by atoms with Gasteiger partial charge in [-0.25, -0.2) is 4.79 Å². The first-order chi connectivity index (χ1) is 17.5. The van der Waals surface area contributed by atoms with Gasteiger partial charge in [0.25, 0.3) is 5.89 Å². The number of hydrogen-bond acceptors (Lipinski definition) is 5. The first-order valence-electron chi connectivity index (χ1n) is 11.9. The number of urea groups is 1. The second-order valence-electron chi connectivity index (χ2n) is 8.80. The highest BCUT2D eigenvalue weighted by Gasteiger charge is 2.36. The summed E-state index contributed by atoms with van der Waals surface area (Å²) < 4.78 is 5.82. The molecule has 7 heteroatoms. The van der Waals surface area contributed by atoms with E-state index >= 15 is 0 Å². The van der Waals surface area contributed by atoms with Gasteiger partial charge in [0.15, 0.2) is 0 Å². The molecular weight excluding hydrogens is 468 g/mol. The summed E-state index contributed by atoms with van der Waals surface area (Å²) in [6, 6.07) is 23.6. The van der Waals surface area contributed by atoms with Crippen molar-refractivity contribution in [2.24, 2.45) is 0 Å². The number of anilines is 1. The minimum atomic E-state index is -0.420. The Labute approximate surface area is 215 Å². The largest absolute Gasteiger partial charge is 0.334 e. The van der Waals surface area contributed by atoms with Crippen LogP contribution in [0.4, 0.5) is 10.5 Å². The van der Waals surface area contributed by atoms with Crippen LogP contribution in [0.2, 0.25) is 0 Å². The van der Waals surface area contributed by atoms with E-state index in [4.69, 9.17) is 9.51 Å². The van der Waals surface area contributed by atoms with Crippen LogP contribution in [0.3, 0.4) is 0 Å². The highest BCUT2D eigenvalue weighted by Crippen LogP contribution is 2.39. The quantitative estimate of drug-likeness (QED) is 0.290. The lowest BCUT2D eigenvalue weighted by Gasteiger charge is -2.35. The molecule has 3 aromatic carbocycles. The molecule has 1 aliphatic heterocycles. The first kappa shape index (κ1) is 23.9. The van der Waals surface area contributed by atoms with Crippen molar-refractivity contribution in [2.45, 2.75) is 38.1 Å². The smallest absolute Gasteiger partial charge is 0.326 e. The third-order valence-electron chi connectivity index (χ3n) is 6.48. The Bertz CT molecular complexity index is 1420. The van der Waals surface area contributed by atoms with Crippen molar-refractivity contribution in [1.82, 2.24) is 15.5 Å². The third-order valence-corrected chi connectivity index (χ3v) is 7.22. The number of rotatable bonds is 6. The van der Waals surface area contributed by atoms with Crippen molar-refractivity contribution < 1.29 is 9.32 Å². The first-order valence-corrected chi connectivity index (χ1v) is 13.2. The molecule has 2 heterocycles. The van der Waals surface area contributed by atoms with Crippen molar-refractivity contribution in [2.75, 3.05) is 11.2 Å². The van der Waals surface area contributed by atoms with Gasteiger partial charge in [-0.1, -0.05) is 54.0 Å². The second-order valence-corrected chi connectivity index (χ2v) is 9.68. The Hall–Kier alpha value is -3.84. The molecule has 0 radical (unpaired) electrons. The average molecular weight is 497 g/mol. The molecule has 182 valence electrons. The van der Waals surface area contributed by atoms with Crippen molar-refractivity contribution in [3.63, 3.8) is 0 Å². The minimum Gasteiger partial charge on any atom is -0.334 e. The number of thioether (sulfide) groups is 1. The molecule has 36 heavy (non-hydrogen) atoms. The third kappa shape index (κ3) is 4.54. The maximum Gasteiger partial charge on any atom is 0.326 e. The molecule has 1 unspecified atom stereocenters. The Kier molecular flexibility index (Phi) is 6.65. The number of aromatic nitrogens is 2. The molecule has 0 saturated carbocycles. The van der Waals surface area contributed by atoms with Crippen molar-refractivity contribution in [1.29, 1.82) is 0 Å². The zero-order valence-electron chi connectivity index (χ0n) is 20.8. The fourth-order valence-corrected chi connectivity index (χ4v) is 4.85. The van der Waals surface area contributed by atoms with Gasteiger partial charge in [-0.2, -0.15) is 4.98 Å². The summed E-state index contributed by atoms with van der Waals surface area (Å²) in [6.07, 6.45) is 2.93. The lowest BCUT2D eigenvalue weighted by Crippen LogP contribution is -2.46. The SMILES string of the molecule is CCc1cccc(N2C(=O)NC(c3ccc(C)cc3)C(c3nc(-c4ccc(SC)cc4)no3)=C2C)c1. The van der Waals surface area contributed by atoms with E-state index < -0.39 is 6.04 Å². The molecule has 0 saturated heterocycles. The molecule has 0 fully saturated rings. The van der Waals surface area contributed by atoms with Gasteiger partial charge in [-0.3, -0.25) is 4.90 Å². The van der Waals surface area contributed by atoms with E-state index in [1.54, 1.807) is 16.7 Å². The number of benzene rings is 3. The van der Waals surface area contributed by atoms with Crippen LogP contribution in [-0.2, 0) is 6.42 Å². The van der Waals surface area contributed by atoms with Crippen molar-refractivity contribution in [3.05, 3.63) is 101 Å². The van der Waals surface area contributed by atoms with Crippen LogP contribution in [0, 0.1) is 6.92 Å². The molecule has 0 spiro atoms. The van der Waals surface area contributed by atoms with E-state index in [1.807, 2.05) is 86.8 Å². The molecule has 1 aliphatic rings. The molecule has 4 aromatic rings. The summed E-state index contributed by atoms with van der Waals surface area (Å²) in [5.41, 5.74) is 6.47. The van der Waals surface area contributed by atoms with Crippen LogP contribution in [0.1, 0.15) is 42.5 Å². The number of hydrogen-bond donors (Lipinski definition) is 1. The van der Waals surface area contributed by atoms with Gasteiger partial charge in [-0.05, 0) is 74.0 Å². The average Bonchev–Trinajstić information content (AvgIpc) is 3.39. The van der Waals surface area contributed by atoms with E-state index in [-0.39, 0.29) is 6.03 Å². The molecule has 2 amide bonds. The minimum absolute atomic E-state index is 0.192. The Morgan fingerprint density at radius 2 is 1.78 bits per heavy atom. The van der Waals surface area contributed by atoms with Gasteiger partial charge in [0.2, 0.25) is 5.82 Å². The number of aryl methyl sites for hydroxylation is 2. The van der Waals surface area contributed by atoms with Crippen LogP contribution in [0.15, 0.2) is 87.9 Å². The zero-order valence-corrected chi connectivity index (χ0v) is 21.6. The zero-order chi connectivity index (χ0) is 25.2. The molecular formula is C29H28N4O2S. The van der Waals surface area contributed by atoms with Gasteiger partial charge in [0.1, 0.15) is 0 Å². The van der Waals surface area contributed by atoms with Crippen LogP contribution in [0.25, 0.3) is 17.0 Å². The van der Waals surface area contributed by atoms with Gasteiger partial charge >= 0.3 is 6.03 Å². The van der Waals surface area contributed by atoms with Gasteiger partial charge in [0.05, 0.1) is 17.3 Å². The Morgan fingerprint density at radius 1 is 1.03 bits per heavy atom. The van der Waals surface area contributed by atoms with Gasteiger partial charge in [-0.15, -0.1) is 11.8 Å². The molecule has 1 aromatic heterocycles. The topological polar surface area (TPSA) is 71.3 Å². The lowest BCUT2D eigenvalue weighted by molar-refractivity contribution is 0.244. The number of carbonyl (C=O) groups is 1. The second kappa shape index (κ2) is 10.0. The predicted octanol–water partition coefficient (Wildman–Crippen LogP) is 7.03. The number of amides is 2. The maximum atomic E-state index is 13.4. The summed E-state index contributed by atoms with van der Waals surface area (Å²) in [5.74, 6) is 0.899. The van der Waals surface area contributed by atoms with Crippen molar-refractivity contribution >= 4 is 29.1 Å². The number of nitrogens with zero attached hydrogens (tertiary/aromatic N) is 3. The van der Waals surface area contributed by atoms with E-state index in [0.29, 0.717) is 11.7 Å². The number of allylic oxidation sites excluding steroid dienone is 1. The summed E-state index contributed by atoms with van der Waals surface area (Å²) in [5, 5.41) is 7.46. The van der Waals surface area contributed by atoms with Gasteiger partial charge in [0, 0.05) is 16.2 Å². The van der Waals surface area contributed by atoms with Gasteiger partial charge < -0.3 is 9.84 Å². The number of carbonyl (C=O) groups excluding carboxylic acids is 1. The molecule has 6 nitrogen and oxygen atoms in total. The predicted molar refractivity (Wildman–Crippen MR) is 145 cm³/mol. The fraction of sp³-hybridized carbons (Fsp3) is 0.207.